The number of sulfonamides is 1. The number of carbonyl (C=O) groups is 1. The Morgan fingerprint density at radius 2 is 1.65 bits per heavy atom. The molecule has 0 saturated heterocycles. The van der Waals surface area contributed by atoms with E-state index in [9.17, 15) is 13.2 Å². The Labute approximate surface area is 201 Å². The third-order valence-electron chi connectivity index (χ3n) is 5.41. The van der Waals surface area contributed by atoms with Crippen LogP contribution in [0.15, 0.2) is 71.6 Å². The van der Waals surface area contributed by atoms with Crippen molar-refractivity contribution in [2.75, 3.05) is 31.1 Å². The summed E-state index contributed by atoms with van der Waals surface area (Å²) in [6.45, 7) is 6.03. The summed E-state index contributed by atoms with van der Waals surface area (Å²) < 4.78 is 38.9. The topological polar surface area (TPSA) is 84.9 Å². The molecule has 0 atom stereocenters. The number of rotatable bonds is 10. The maximum Gasteiger partial charge on any atom is 0.264 e. The van der Waals surface area contributed by atoms with Gasteiger partial charge in [0, 0.05) is 6.07 Å². The molecule has 1 N–H and O–H groups in total. The van der Waals surface area contributed by atoms with Crippen LogP contribution in [0.1, 0.15) is 16.7 Å². The lowest BCUT2D eigenvalue weighted by molar-refractivity contribution is -0.119. The van der Waals surface area contributed by atoms with Crippen molar-refractivity contribution < 1.29 is 22.7 Å². The second kappa shape index (κ2) is 11.1. The van der Waals surface area contributed by atoms with Gasteiger partial charge >= 0.3 is 0 Å². The molecule has 3 rings (SSSR count). The first-order valence-electron chi connectivity index (χ1n) is 10.9. The average Bonchev–Trinajstić information content (AvgIpc) is 2.82. The van der Waals surface area contributed by atoms with Gasteiger partial charge in [-0.1, -0.05) is 29.8 Å². The van der Waals surface area contributed by atoms with Crippen molar-refractivity contribution >= 4 is 21.6 Å². The van der Waals surface area contributed by atoms with Crippen LogP contribution in [0.3, 0.4) is 0 Å². The van der Waals surface area contributed by atoms with E-state index in [4.69, 9.17) is 9.47 Å². The first kappa shape index (κ1) is 25.1. The first-order valence-corrected chi connectivity index (χ1v) is 12.3. The molecule has 1 amide bonds. The van der Waals surface area contributed by atoms with Gasteiger partial charge in [0.1, 0.15) is 24.7 Å². The number of hydrogen-bond donors (Lipinski definition) is 1. The lowest BCUT2D eigenvalue weighted by atomic mass is 10.1. The molecule has 7 nitrogen and oxygen atoms in total. The van der Waals surface area contributed by atoms with Gasteiger partial charge in [-0.25, -0.2) is 8.42 Å². The number of aryl methyl sites for hydroxylation is 3. The van der Waals surface area contributed by atoms with E-state index in [0.717, 1.165) is 21.2 Å². The monoisotopic (exact) mass is 482 g/mol. The van der Waals surface area contributed by atoms with Gasteiger partial charge in [-0.05, 0) is 68.3 Å². The van der Waals surface area contributed by atoms with Crippen molar-refractivity contribution in [1.82, 2.24) is 5.32 Å². The lowest BCUT2D eigenvalue weighted by Crippen LogP contribution is -2.41. The van der Waals surface area contributed by atoms with Crippen molar-refractivity contribution in [2.24, 2.45) is 0 Å². The van der Waals surface area contributed by atoms with Crippen molar-refractivity contribution in [3.8, 4) is 11.5 Å². The Kier molecular flexibility index (Phi) is 8.17. The number of benzene rings is 3. The summed E-state index contributed by atoms with van der Waals surface area (Å²) in [6.07, 6.45) is 0. The van der Waals surface area contributed by atoms with E-state index in [1.165, 1.54) is 24.8 Å². The van der Waals surface area contributed by atoms with Crippen LogP contribution >= 0.6 is 0 Å². The maximum atomic E-state index is 13.4. The number of amides is 1. The number of ether oxygens (including phenoxy) is 2. The van der Waals surface area contributed by atoms with Gasteiger partial charge in [0.2, 0.25) is 5.91 Å². The Morgan fingerprint density at radius 1 is 0.912 bits per heavy atom. The van der Waals surface area contributed by atoms with E-state index in [1.54, 1.807) is 36.4 Å². The second-order valence-electron chi connectivity index (χ2n) is 7.97. The van der Waals surface area contributed by atoms with Gasteiger partial charge in [-0.2, -0.15) is 0 Å². The predicted octanol–water partition coefficient (Wildman–Crippen LogP) is 4.01. The zero-order valence-electron chi connectivity index (χ0n) is 19.9. The fourth-order valence-corrected chi connectivity index (χ4v) is 4.68. The third kappa shape index (κ3) is 6.29. The minimum Gasteiger partial charge on any atom is -0.497 e. The second-order valence-corrected chi connectivity index (χ2v) is 9.83. The van der Waals surface area contributed by atoms with E-state index in [-0.39, 0.29) is 24.6 Å². The molecule has 0 spiro atoms. The normalized spacial score (nSPS) is 11.1. The molecule has 0 bridgehead atoms. The highest BCUT2D eigenvalue weighted by molar-refractivity contribution is 7.92. The molecule has 8 heteroatoms. The number of nitrogens with one attached hydrogen (secondary N) is 1. The number of nitrogens with zero attached hydrogens (tertiary/aromatic N) is 1. The molecule has 0 aliphatic heterocycles. The van der Waals surface area contributed by atoms with Gasteiger partial charge in [-0.3, -0.25) is 9.10 Å². The van der Waals surface area contributed by atoms with Crippen LogP contribution < -0.4 is 19.1 Å². The van der Waals surface area contributed by atoms with Crippen molar-refractivity contribution in [3.05, 3.63) is 83.4 Å². The largest absolute Gasteiger partial charge is 0.497 e. The van der Waals surface area contributed by atoms with Crippen molar-refractivity contribution in [3.63, 3.8) is 0 Å². The van der Waals surface area contributed by atoms with E-state index in [1.807, 2.05) is 39.0 Å². The molecular formula is C26H30N2O5S. The van der Waals surface area contributed by atoms with Crippen LogP contribution in [-0.2, 0) is 14.8 Å². The minimum absolute atomic E-state index is 0.104. The maximum absolute atomic E-state index is 13.4. The Morgan fingerprint density at radius 3 is 2.32 bits per heavy atom. The predicted molar refractivity (Wildman–Crippen MR) is 133 cm³/mol. The highest BCUT2D eigenvalue weighted by Crippen LogP contribution is 2.27. The number of anilines is 1. The summed E-state index contributed by atoms with van der Waals surface area (Å²) in [4.78, 5) is 12.8. The molecule has 0 unspecified atom stereocenters. The summed E-state index contributed by atoms with van der Waals surface area (Å²) in [5.41, 5.74) is 3.57. The quantitative estimate of drug-likeness (QED) is 0.442. The molecule has 3 aromatic carbocycles. The van der Waals surface area contributed by atoms with Crippen molar-refractivity contribution in [2.45, 2.75) is 25.7 Å². The number of carbonyl (C=O) groups excluding carboxylic acids is 1. The summed E-state index contributed by atoms with van der Waals surface area (Å²) in [7, 11) is -2.49. The molecule has 0 aliphatic rings. The third-order valence-corrected chi connectivity index (χ3v) is 7.20. The van der Waals surface area contributed by atoms with Gasteiger partial charge in [0.05, 0.1) is 24.2 Å². The van der Waals surface area contributed by atoms with E-state index in [2.05, 4.69) is 5.32 Å². The SMILES string of the molecule is COc1cccc(N(CC(=O)NCCOc2ccc(C)c(C)c2)S(=O)(=O)c2ccc(C)cc2)c1. The van der Waals surface area contributed by atoms with Crippen LogP contribution in [0.2, 0.25) is 0 Å². The van der Waals surface area contributed by atoms with Gasteiger partial charge in [0.25, 0.3) is 10.0 Å². The smallest absolute Gasteiger partial charge is 0.264 e. The average molecular weight is 483 g/mol. The van der Waals surface area contributed by atoms with E-state index in [0.29, 0.717) is 11.4 Å². The molecule has 3 aromatic rings. The fraction of sp³-hybridized carbons (Fsp3) is 0.269. The molecule has 34 heavy (non-hydrogen) atoms. The Bertz CT molecular complexity index is 1240. The summed E-state index contributed by atoms with van der Waals surface area (Å²) in [6, 6.07) is 18.9. The van der Waals surface area contributed by atoms with Gasteiger partial charge in [0.15, 0.2) is 0 Å². The molecule has 0 heterocycles. The number of methoxy groups -OCH3 is 1. The molecule has 0 saturated carbocycles. The number of hydrogen-bond acceptors (Lipinski definition) is 5. The van der Waals surface area contributed by atoms with Crippen molar-refractivity contribution in [1.29, 1.82) is 0 Å². The molecule has 0 aliphatic carbocycles. The van der Waals surface area contributed by atoms with Gasteiger partial charge < -0.3 is 14.8 Å². The van der Waals surface area contributed by atoms with Crippen LogP contribution in [0.25, 0.3) is 0 Å². The fourth-order valence-electron chi connectivity index (χ4n) is 3.27. The molecule has 180 valence electrons. The van der Waals surface area contributed by atoms with Crippen LogP contribution in [0.5, 0.6) is 11.5 Å². The highest BCUT2D eigenvalue weighted by atomic mass is 32.2. The standard InChI is InChI=1S/C26H30N2O5S/c1-19-8-12-25(13-9-19)34(30,31)28(22-6-5-7-23(17-22)32-4)18-26(29)27-14-15-33-24-11-10-20(2)21(3)16-24/h5-13,16-17H,14-15,18H2,1-4H3,(H,27,29). The van der Waals surface area contributed by atoms with Crippen LogP contribution in [0, 0.1) is 20.8 Å². The summed E-state index contributed by atoms with van der Waals surface area (Å²) in [5.74, 6) is 0.767. The molecule has 0 fully saturated rings. The van der Waals surface area contributed by atoms with Crippen LogP contribution in [0.4, 0.5) is 5.69 Å². The highest BCUT2D eigenvalue weighted by Gasteiger charge is 2.27. The zero-order chi connectivity index (χ0) is 24.7. The van der Waals surface area contributed by atoms with Crippen LogP contribution in [-0.4, -0.2) is 41.1 Å². The van der Waals surface area contributed by atoms with Gasteiger partial charge in [-0.15, -0.1) is 0 Å². The lowest BCUT2D eigenvalue weighted by Gasteiger charge is -2.24. The molecular weight excluding hydrogens is 452 g/mol. The summed E-state index contributed by atoms with van der Waals surface area (Å²) >= 11 is 0. The van der Waals surface area contributed by atoms with E-state index >= 15 is 0 Å². The minimum atomic E-state index is -3.99. The Hall–Kier alpha value is -3.52. The zero-order valence-corrected chi connectivity index (χ0v) is 20.7. The Balaban J connectivity index is 1.72. The molecule has 0 aromatic heterocycles. The summed E-state index contributed by atoms with van der Waals surface area (Å²) in [5, 5.41) is 2.74. The molecule has 0 radical (unpaired) electrons. The first-order chi connectivity index (χ1) is 16.2. The van der Waals surface area contributed by atoms with E-state index < -0.39 is 15.9 Å².